The van der Waals surface area contributed by atoms with Gasteiger partial charge in [-0.15, -0.1) is 0 Å². The summed E-state index contributed by atoms with van der Waals surface area (Å²) < 4.78 is 45.8. The van der Waals surface area contributed by atoms with Crippen LogP contribution >= 0.6 is 0 Å². The quantitative estimate of drug-likeness (QED) is 0.805. The fraction of sp³-hybridized carbons (Fsp3) is 0.235. The van der Waals surface area contributed by atoms with Crippen LogP contribution < -0.4 is 0 Å². The summed E-state index contributed by atoms with van der Waals surface area (Å²) in [6, 6.07) is 16.0. The third-order valence-electron chi connectivity index (χ3n) is 3.94. The average molecular weight is 306 g/mol. The van der Waals surface area contributed by atoms with E-state index in [0.717, 1.165) is 0 Å². The second-order valence-corrected chi connectivity index (χ2v) is 5.26. The Balaban J connectivity index is 2.02. The van der Waals surface area contributed by atoms with E-state index >= 15 is 0 Å². The average Bonchev–Trinajstić information content (AvgIpc) is 2.51. The van der Waals surface area contributed by atoms with Crippen LogP contribution in [-0.2, 0) is 21.6 Å². The molecule has 2 aromatic rings. The van der Waals surface area contributed by atoms with Crippen LogP contribution in [-0.4, -0.2) is 12.1 Å². The molecule has 0 saturated carbocycles. The van der Waals surface area contributed by atoms with Gasteiger partial charge >= 0.3 is 12.1 Å². The SMILES string of the molecule is O=C1O[C@@](c2ccccc2)(C(F)(F)F)[C@@H]1Cc1ccccc1. The topological polar surface area (TPSA) is 26.3 Å². The summed E-state index contributed by atoms with van der Waals surface area (Å²) in [7, 11) is 0. The zero-order valence-corrected chi connectivity index (χ0v) is 11.5. The normalized spacial score (nSPS) is 24.5. The third kappa shape index (κ3) is 2.17. The molecule has 2 atom stereocenters. The lowest BCUT2D eigenvalue weighted by molar-refractivity contribution is -0.331. The molecule has 1 aliphatic heterocycles. The standard InChI is InChI=1S/C17H13F3O2/c18-17(19,20)16(13-9-5-2-6-10-13)14(15(21)22-16)11-12-7-3-1-4-8-12/h1-10,14H,11H2/t14-,16-/m1/s1. The number of rotatable bonds is 3. The van der Waals surface area contributed by atoms with E-state index < -0.39 is 23.7 Å². The Hall–Kier alpha value is -2.30. The lowest BCUT2D eigenvalue weighted by Gasteiger charge is -2.48. The number of hydrogen-bond acceptors (Lipinski definition) is 2. The number of carbonyl (C=O) groups excluding carboxylic acids is 1. The molecule has 1 heterocycles. The zero-order chi connectivity index (χ0) is 15.8. The van der Waals surface area contributed by atoms with E-state index in [2.05, 4.69) is 0 Å². The molecule has 3 rings (SSSR count). The molecular weight excluding hydrogens is 293 g/mol. The van der Waals surface area contributed by atoms with Crippen LogP contribution in [0.1, 0.15) is 11.1 Å². The summed E-state index contributed by atoms with van der Waals surface area (Å²) >= 11 is 0. The summed E-state index contributed by atoms with van der Waals surface area (Å²) in [5, 5.41) is 0. The Morgan fingerprint density at radius 2 is 1.50 bits per heavy atom. The molecule has 5 heteroatoms. The van der Waals surface area contributed by atoms with Gasteiger partial charge in [0, 0.05) is 5.56 Å². The summed E-state index contributed by atoms with van der Waals surface area (Å²) in [5.74, 6) is -2.08. The maximum atomic E-state index is 13.7. The maximum absolute atomic E-state index is 13.7. The second kappa shape index (κ2) is 5.16. The van der Waals surface area contributed by atoms with Crippen LogP contribution in [0, 0.1) is 5.92 Å². The fourth-order valence-electron chi connectivity index (χ4n) is 2.85. The lowest BCUT2D eigenvalue weighted by atomic mass is 9.73. The first-order chi connectivity index (χ1) is 10.4. The van der Waals surface area contributed by atoms with Gasteiger partial charge in [0.2, 0.25) is 5.60 Å². The predicted molar refractivity (Wildman–Crippen MR) is 73.9 cm³/mol. The van der Waals surface area contributed by atoms with Crippen LogP contribution in [0.5, 0.6) is 0 Å². The van der Waals surface area contributed by atoms with Gasteiger partial charge in [0.15, 0.2) is 0 Å². The highest BCUT2D eigenvalue weighted by Gasteiger charge is 2.72. The molecule has 0 N–H and O–H groups in total. The highest BCUT2D eigenvalue weighted by molar-refractivity contribution is 5.82. The van der Waals surface area contributed by atoms with Gasteiger partial charge in [0.25, 0.3) is 0 Å². The number of alkyl halides is 3. The van der Waals surface area contributed by atoms with Crippen molar-refractivity contribution in [2.45, 2.75) is 18.2 Å². The van der Waals surface area contributed by atoms with Crippen molar-refractivity contribution in [3.63, 3.8) is 0 Å². The van der Waals surface area contributed by atoms with Crippen LogP contribution in [0.15, 0.2) is 60.7 Å². The van der Waals surface area contributed by atoms with Gasteiger partial charge in [-0.1, -0.05) is 60.7 Å². The Labute approximate surface area is 125 Å². The minimum Gasteiger partial charge on any atom is -0.443 e. The van der Waals surface area contributed by atoms with E-state index in [1.165, 1.54) is 24.3 Å². The van der Waals surface area contributed by atoms with Gasteiger partial charge in [0.05, 0.1) is 0 Å². The predicted octanol–water partition coefficient (Wildman–Crippen LogP) is 3.86. The summed E-state index contributed by atoms with van der Waals surface area (Å²) in [4.78, 5) is 11.7. The van der Waals surface area contributed by atoms with Crippen molar-refractivity contribution in [1.29, 1.82) is 0 Å². The van der Waals surface area contributed by atoms with Crippen molar-refractivity contribution in [2.75, 3.05) is 0 Å². The molecule has 114 valence electrons. The molecule has 0 radical (unpaired) electrons. The van der Waals surface area contributed by atoms with Crippen molar-refractivity contribution in [2.24, 2.45) is 5.92 Å². The van der Waals surface area contributed by atoms with E-state index in [4.69, 9.17) is 4.74 Å². The Morgan fingerprint density at radius 1 is 0.955 bits per heavy atom. The van der Waals surface area contributed by atoms with Crippen molar-refractivity contribution >= 4 is 5.97 Å². The Bertz CT molecular complexity index is 667. The van der Waals surface area contributed by atoms with Gasteiger partial charge in [-0.05, 0) is 12.0 Å². The number of cyclic esters (lactones) is 1. The monoisotopic (exact) mass is 306 g/mol. The molecule has 22 heavy (non-hydrogen) atoms. The number of carbonyl (C=O) groups is 1. The van der Waals surface area contributed by atoms with Gasteiger partial charge in [-0.25, -0.2) is 0 Å². The minimum absolute atomic E-state index is 0.00588. The summed E-state index contributed by atoms with van der Waals surface area (Å²) in [5.41, 5.74) is -1.92. The van der Waals surface area contributed by atoms with Crippen molar-refractivity contribution in [3.05, 3.63) is 71.8 Å². The van der Waals surface area contributed by atoms with E-state index in [1.807, 2.05) is 0 Å². The largest absolute Gasteiger partial charge is 0.443 e. The van der Waals surface area contributed by atoms with Crippen LogP contribution in [0.2, 0.25) is 0 Å². The van der Waals surface area contributed by atoms with E-state index in [1.54, 1.807) is 36.4 Å². The Kier molecular flexibility index (Phi) is 3.43. The molecule has 1 aliphatic rings. The highest BCUT2D eigenvalue weighted by Crippen LogP contribution is 2.55. The van der Waals surface area contributed by atoms with Crippen molar-refractivity contribution in [3.8, 4) is 0 Å². The second-order valence-electron chi connectivity index (χ2n) is 5.26. The van der Waals surface area contributed by atoms with Crippen molar-refractivity contribution in [1.82, 2.24) is 0 Å². The number of hydrogen-bond donors (Lipinski definition) is 0. The van der Waals surface area contributed by atoms with E-state index in [-0.39, 0.29) is 12.0 Å². The summed E-state index contributed by atoms with van der Waals surface area (Å²) in [6.07, 6.45) is -4.67. The first-order valence-corrected chi connectivity index (χ1v) is 6.84. The molecule has 0 aliphatic carbocycles. The molecule has 2 aromatic carbocycles. The fourth-order valence-corrected chi connectivity index (χ4v) is 2.85. The molecule has 1 fully saturated rings. The number of halogens is 3. The smallest absolute Gasteiger partial charge is 0.433 e. The van der Waals surface area contributed by atoms with Gasteiger partial charge in [0.1, 0.15) is 5.92 Å². The highest BCUT2D eigenvalue weighted by atomic mass is 19.4. The molecule has 1 saturated heterocycles. The number of esters is 1. The third-order valence-corrected chi connectivity index (χ3v) is 3.94. The molecule has 0 spiro atoms. The molecule has 2 nitrogen and oxygen atoms in total. The number of ether oxygens (including phenoxy) is 1. The zero-order valence-electron chi connectivity index (χ0n) is 11.5. The van der Waals surface area contributed by atoms with Gasteiger partial charge in [-0.2, -0.15) is 13.2 Å². The number of benzene rings is 2. The van der Waals surface area contributed by atoms with Gasteiger partial charge < -0.3 is 4.74 Å². The first kappa shape index (κ1) is 14.6. The first-order valence-electron chi connectivity index (χ1n) is 6.84. The minimum atomic E-state index is -4.66. The lowest BCUT2D eigenvalue weighted by Crippen LogP contribution is -2.63. The molecule has 0 amide bonds. The van der Waals surface area contributed by atoms with Crippen LogP contribution in [0.4, 0.5) is 13.2 Å². The molecule has 0 aromatic heterocycles. The molecule has 0 unspecified atom stereocenters. The van der Waals surface area contributed by atoms with Crippen LogP contribution in [0.3, 0.4) is 0 Å². The van der Waals surface area contributed by atoms with Crippen LogP contribution in [0.25, 0.3) is 0 Å². The van der Waals surface area contributed by atoms with E-state index in [9.17, 15) is 18.0 Å². The van der Waals surface area contributed by atoms with Gasteiger partial charge in [-0.3, -0.25) is 4.79 Å². The summed E-state index contributed by atoms with van der Waals surface area (Å²) in [6.45, 7) is 0. The Morgan fingerprint density at radius 3 is 2.00 bits per heavy atom. The maximum Gasteiger partial charge on any atom is 0.433 e. The van der Waals surface area contributed by atoms with Crippen molar-refractivity contribution < 1.29 is 22.7 Å². The molecule has 0 bridgehead atoms. The van der Waals surface area contributed by atoms with E-state index in [0.29, 0.717) is 5.56 Å². The molecular formula is C17H13F3O2.